The largest absolute Gasteiger partial charge is 0.457 e. The first kappa shape index (κ1) is 16.8. The number of carbonyl (C=O) groups excluding carboxylic acids is 1. The normalized spacial score (nSPS) is 19.7. The molecule has 0 radical (unpaired) electrons. The molecule has 1 fully saturated rings. The Kier molecular flexibility index (Phi) is 4.73. The van der Waals surface area contributed by atoms with E-state index in [0.29, 0.717) is 12.1 Å². The zero-order chi connectivity index (χ0) is 17.9. The molecule has 4 rings (SSSR count). The van der Waals surface area contributed by atoms with Crippen LogP contribution < -0.4 is 10.6 Å². The number of nitrogen functional groups attached to an aromatic ring is 1. The first-order valence-corrected chi connectivity index (χ1v) is 9.35. The number of nitrogens with two attached hydrogens (primary N) is 1. The second-order valence-corrected chi connectivity index (χ2v) is 7.08. The standard InChI is InChI=1S/C20H24N4O2/c21-20-22-10-9-18(23-20)24-11-3-6-17(13-24)26-19(25)16-8-7-14-4-1-2-5-15(14)12-16/h7-10,12,17H,1-6,11,13H2,(H2,21,22,23). The molecule has 6 nitrogen and oxygen atoms in total. The fraction of sp³-hybridized carbons (Fsp3) is 0.450. The van der Waals surface area contributed by atoms with Gasteiger partial charge >= 0.3 is 5.97 Å². The van der Waals surface area contributed by atoms with Crippen molar-refractivity contribution in [1.82, 2.24) is 9.97 Å². The number of piperidine rings is 1. The Hall–Kier alpha value is -2.63. The van der Waals surface area contributed by atoms with Crippen molar-refractivity contribution in [1.29, 1.82) is 0 Å². The first-order valence-electron chi connectivity index (χ1n) is 9.35. The third-order valence-electron chi connectivity index (χ3n) is 5.22. The number of carbonyl (C=O) groups is 1. The summed E-state index contributed by atoms with van der Waals surface area (Å²) in [5.41, 5.74) is 9.01. The summed E-state index contributed by atoms with van der Waals surface area (Å²) in [5, 5.41) is 0. The van der Waals surface area contributed by atoms with E-state index in [1.54, 1.807) is 6.20 Å². The molecular weight excluding hydrogens is 328 g/mol. The van der Waals surface area contributed by atoms with Gasteiger partial charge in [0.1, 0.15) is 11.9 Å². The van der Waals surface area contributed by atoms with E-state index in [9.17, 15) is 4.79 Å². The molecule has 26 heavy (non-hydrogen) atoms. The number of aryl methyl sites for hydroxylation is 2. The van der Waals surface area contributed by atoms with E-state index in [0.717, 1.165) is 38.0 Å². The molecule has 0 saturated carbocycles. The average molecular weight is 352 g/mol. The third kappa shape index (κ3) is 3.64. The lowest BCUT2D eigenvalue weighted by atomic mass is 9.90. The second-order valence-electron chi connectivity index (χ2n) is 7.08. The minimum absolute atomic E-state index is 0.136. The van der Waals surface area contributed by atoms with Crippen LogP contribution in [0.25, 0.3) is 0 Å². The Morgan fingerprint density at radius 1 is 1.15 bits per heavy atom. The number of ether oxygens (including phenoxy) is 1. The Morgan fingerprint density at radius 2 is 2.00 bits per heavy atom. The van der Waals surface area contributed by atoms with E-state index in [-0.39, 0.29) is 18.0 Å². The van der Waals surface area contributed by atoms with Crippen LogP contribution >= 0.6 is 0 Å². The summed E-state index contributed by atoms with van der Waals surface area (Å²) in [6, 6.07) is 7.84. The lowest BCUT2D eigenvalue weighted by molar-refractivity contribution is 0.0269. The molecule has 2 aromatic rings. The molecule has 2 heterocycles. The number of hydrogen-bond donors (Lipinski definition) is 1. The van der Waals surface area contributed by atoms with Crippen LogP contribution in [0.5, 0.6) is 0 Å². The fourth-order valence-corrected chi connectivity index (χ4v) is 3.86. The average Bonchev–Trinajstić information content (AvgIpc) is 2.68. The number of fused-ring (bicyclic) bond motifs is 1. The van der Waals surface area contributed by atoms with E-state index in [2.05, 4.69) is 20.9 Å². The van der Waals surface area contributed by atoms with Gasteiger partial charge in [-0.3, -0.25) is 0 Å². The van der Waals surface area contributed by atoms with Crippen molar-refractivity contribution < 1.29 is 9.53 Å². The topological polar surface area (TPSA) is 81.3 Å². The lowest BCUT2D eigenvalue weighted by Crippen LogP contribution is -2.41. The summed E-state index contributed by atoms with van der Waals surface area (Å²) in [6.07, 6.45) is 7.95. The van der Waals surface area contributed by atoms with Gasteiger partial charge in [0, 0.05) is 12.7 Å². The summed E-state index contributed by atoms with van der Waals surface area (Å²) in [4.78, 5) is 22.9. The van der Waals surface area contributed by atoms with Crippen LogP contribution in [0.15, 0.2) is 30.5 Å². The number of rotatable bonds is 3. The molecule has 2 N–H and O–H groups in total. The zero-order valence-corrected chi connectivity index (χ0v) is 14.9. The number of anilines is 2. The zero-order valence-electron chi connectivity index (χ0n) is 14.9. The van der Waals surface area contributed by atoms with Crippen LogP contribution in [0.3, 0.4) is 0 Å². The summed E-state index contributed by atoms with van der Waals surface area (Å²) < 4.78 is 5.80. The van der Waals surface area contributed by atoms with Crippen LogP contribution in [0, 0.1) is 0 Å². The van der Waals surface area contributed by atoms with Crippen molar-refractivity contribution in [2.75, 3.05) is 23.7 Å². The van der Waals surface area contributed by atoms with Crippen LogP contribution in [0.4, 0.5) is 11.8 Å². The van der Waals surface area contributed by atoms with Gasteiger partial charge in [0.2, 0.25) is 5.95 Å². The molecule has 1 aromatic heterocycles. The minimum Gasteiger partial charge on any atom is -0.457 e. The molecule has 0 amide bonds. The molecule has 0 spiro atoms. The van der Waals surface area contributed by atoms with Gasteiger partial charge in [-0.05, 0) is 67.9 Å². The van der Waals surface area contributed by atoms with Crippen LogP contribution in [-0.2, 0) is 17.6 Å². The Bertz CT molecular complexity index is 808. The van der Waals surface area contributed by atoms with Gasteiger partial charge in [-0.1, -0.05) is 6.07 Å². The van der Waals surface area contributed by atoms with Crippen LogP contribution in [-0.4, -0.2) is 35.1 Å². The third-order valence-corrected chi connectivity index (χ3v) is 5.22. The second kappa shape index (κ2) is 7.32. The molecular formula is C20H24N4O2. The SMILES string of the molecule is Nc1nccc(N2CCCC(OC(=O)c3ccc4c(c3)CCCC4)C2)n1. The first-order chi connectivity index (χ1) is 12.7. The smallest absolute Gasteiger partial charge is 0.338 e. The van der Waals surface area contributed by atoms with Gasteiger partial charge in [-0.15, -0.1) is 0 Å². The van der Waals surface area contributed by atoms with E-state index < -0.39 is 0 Å². The molecule has 0 bridgehead atoms. The number of hydrogen-bond acceptors (Lipinski definition) is 6. The number of aromatic nitrogens is 2. The number of benzene rings is 1. The Balaban J connectivity index is 1.42. The van der Waals surface area contributed by atoms with Gasteiger partial charge in [0.05, 0.1) is 12.1 Å². The van der Waals surface area contributed by atoms with Gasteiger partial charge < -0.3 is 15.4 Å². The summed E-state index contributed by atoms with van der Waals surface area (Å²) in [6.45, 7) is 1.51. The monoisotopic (exact) mass is 352 g/mol. The van der Waals surface area contributed by atoms with Crippen molar-refractivity contribution in [2.45, 2.75) is 44.6 Å². The van der Waals surface area contributed by atoms with Gasteiger partial charge in [0.15, 0.2) is 0 Å². The molecule has 1 aliphatic heterocycles. The quantitative estimate of drug-likeness (QED) is 0.856. The Labute approximate surface area is 153 Å². The van der Waals surface area contributed by atoms with Crippen molar-refractivity contribution in [3.05, 3.63) is 47.2 Å². The van der Waals surface area contributed by atoms with E-state index in [1.807, 2.05) is 18.2 Å². The van der Waals surface area contributed by atoms with Crippen LogP contribution in [0.1, 0.15) is 47.2 Å². The van der Waals surface area contributed by atoms with Crippen LogP contribution in [0.2, 0.25) is 0 Å². The van der Waals surface area contributed by atoms with Gasteiger partial charge in [-0.2, -0.15) is 4.98 Å². The minimum atomic E-state index is -0.229. The Morgan fingerprint density at radius 3 is 2.85 bits per heavy atom. The highest BCUT2D eigenvalue weighted by atomic mass is 16.5. The predicted octanol–water partition coefficient (Wildman–Crippen LogP) is 2.76. The molecule has 1 unspecified atom stereocenters. The van der Waals surface area contributed by atoms with Crippen molar-refractivity contribution in [3.63, 3.8) is 0 Å². The summed E-state index contributed by atoms with van der Waals surface area (Å²) in [7, 11) is 0. The van der Waals surface area contributed by atoms with E-state index in [1.165, 1.54) is 24.0 Å². The maximum atomic E-state index is 12.6. The highest BCUT2D eigenvalue weighted by Gasteiger charge is 2.25. The lowest BCUT2D eigenvalue weighted by Gasteiger charge is -2.33. The molecule has 136 valence electrons. The highest BCUT2D eigenvalue weighted by molar-refractivity contribution is 5.90. The molecule has 1 aliphatic carbocycles. The van der Waals surface area contributed by atoms with E-state index in [4.69, 9.17) is 10.5 Å². The molecule has 1 atom stereocenters. The summed E-state index contributed by atoms with van der Waals surface area (Å²) in [5.74, 6) is 0.815. The summed E-state index contributed by atoms with van der Waals surface area (Å²) >= 11 is 0. The van der Waals surface area contributed by atoms with Gasteiger partial charge in [-0.25, -0.2) is 9.78 Å². The molecule has 1 saturated heterocycles. The predicted molar refractivity (Wildman–Crippen MR) is 100 cm³/mol. The highest BCUT2D eigenvalue weighted by Crippen LogP contribution is 2.24. The molecule has 6 heteroatoms. The van der Waals surface area contributed by atoms with E-state index >= 15 is 0 Å². The van der Waals surface area contributed by atoms with Crippen molar-refractivity contribution in [3.8, 4) is 0 Å². The number of esters is 1. The molecule has 2 aliphatic rings. The molecule has 1 aromatic carbocycles. The van der Waals surface area contributed by atoms with Gasteiger partial charge in [0.25, 0.3) is 0 Å². The maximum Gasteiger partial charge on any atom is 0.338 e. The van der Waals surface area contributed by atoms with Crippen molar-refractivity contribution in [2.24, 2.45) is 0 Å². The fourth-order valence-electron chi connectivity index (χ4n) is 3.86. The maximum absolute atomic E-state index is 12.6. The van der Waals surface area contributed by atoms with Crippen molar-refractivity contribution >= 4 is 17.7 Å². The number of nitrogens with zero attached hydrogens (tertiary/aromatic N) is 3.